The van der Waals surface area contributed by atoms with Crippen LogP contribution in [0.5, 0.6) is 0 Å². The van der Waals surface area contributed by atoms with Crippen LogP contribution >= 0.6 is 11.3 Å². The molecule has 9 heteroatoms. The van der Waals surface area contributed by atoms with Gasteiger partial charge in [-0.15, -0.1) is 0 Å². The molecule has 4 aliphatic carbocycles. The third-order valence-electron chi connectivity index (χ3n) is 7.89. The number of nitrogens with one attached hydrogen (secondary N) is 1. The van der Waals surface area contributed by atoms with E-state index in [0.29, 0.717) is 39.7 Å². The molecule has 35 heavy (non-hydrogen) atoms. The normalized spacial score (nSPS) is 26.7. The summed E-state index contributed by atoms with van der Waals surface area (Å²) in [6.07, 6.45) is 7.65. The molecule has 182 valence electrons. The number of ether oxygens (including phenoxy) is 1. The maximum atomic E-state index is 13.2. The largest absolute Gasteiger partial charge is 0.456 e. The van der Waals surface area contributed by atoms with Crippen LogP contribution in [-0.2, 0) is 22.6 Å². The maximum absolute atomic E-state index is 13.2. The number of carbonyl (C=O) groups is 2. The van der Waals surface area contributed by atoms with Crippen LogP contribution in [0.2, 0.25) is 0 Å². The Kier molecular flexibility index (Phi) is 5.47. The van der Waals surface area contributed by atoms with Gasteiger partial charge in [-0.2, -0.15) is 9.61 Å². The van der Waals surface area contributed by atoms with E-state index < -0.39 is 5.97 Å². The molecular formula is C26H28N4O4S. The molecular weight excluding hydrogens is 464 g/mol. The van der Waals surface area contributed by atoms with Gasteiger partial charge in [-0.25, -0.2) is 9.78 Å². The second-order valence-electron chi connectivity index (χ2n) is 10.4. The molecule has 0 atom stereocenters. The molecule has 0 unspecified atom stereocenters. The van der Waals surface area contributed by atoms with Gasteiger partial charge >= 0.3 is 5.97 Å². The Balaban J connectivity index is 1.09. The smallest absolute Gasteiger partial charge is 0.338 e. The molecule has 0 radical (unpaired) electrons. The second kappa shape index (κ2) is 8.55. The Labute approximate surface area is 206 Å². The summed E-state index contributed by atoms with van der Waals surface area (Å²) in [6.45, 7) is 1.86. The number of aromatic nitrogens is 3. The van der Waals surface area contributed by atoms with Crippen LogP contribution in [0.3, 0.4) is 0 Å². The molecule has 4 fully saturated rings. The summed E-state index contributed by atoms with van der Waals surface area (Å²) >= 11 is 1.35. The van der Waals surface area contributed by atoms with Gasteiger partial charge in [-0.1, -0.05) is 18.3 Å². The molecule has 0 saturated heterocycles. The lowest BCUT2D eigenvalue weighted by atomic mass is 9.49. The maximum Gasteiger partial charge on any atom is 0.338 e. The van der Waals surface area contributed by atoms with E-state index in [0.717, 1.165) is 30.7 Å². The fourth-order valence-corrected chi connectivity index (χ4v) is 7.54. The number of anilines is 1. The number of aryl methyl sites for hydroxylation is 1. The summed E-state index contributed by atoms with van der Waals surface area (Å²) in [5.41, 5.74) is 0.945. The third-order valence-corrected chi connectivity index (χ3v) is 8.94. The summed E-state index contributed by atoms with van der Waals surface area (Å²) in [7, 11) is 0. The third kappa shape index (κ3) is 4.16. The van der Waals surface area contributed by atoms with E-state index in [-0.39, 0.29) is 23.5 Å². The monoisotopic (exact) mass is 492 g/mol. The fraction of sp³-hybridized carbons (Fsp3) is 0.500. The minimum atomic E-state index is -0.510. The molecule has 2 aromatic heterocycles. The van der Waals surface area contributed by atoms with Crippen molar-refractivity contribution in [2.45, 2.75) is 58.5 Å². The minimum Gasteiger partial charge on any atom is -0.456 e. The summed E-state index contributed by atoms with van der Waals surface area (Å²) in [5.74, 6) is 1.75. The SMILES string of the molecule is CCc1nn2c(=O)cc(COC(=O)c3ccc(NC(=O)C45CC6CC(CC(C6)C4)C5)cc3)nc2s1. The van der Waals surface area contributed by atoms with Gasteiger partial charge in [0.15, 0.2) is 0 Å². The molecule has 0 aliphatic heterocycles. The van der Waals surface area contributed by atoms with Crippen LogP contribution in [-0.4, -0.2) is 26.5 Å². The van der Waals surface area contributed by atoms with Crippen molar-refractivity contribution in [2.24, 2.45) is 23.2 Å². The van der Waals surface area contributed by atoms with E-state index >= 15 is 0 Å². The van der Waals surface area contributed by atoms with E-state index in [1.54, 1.807) is 24.3 Å². The van der Waals surface area contributed by atoms with Crippen molar-refractivity contribution in [3.05, 3.63) is 57.0 Å². The number of hydrogen-bond acceptors (Lipinski definition) is 7. The molecule has 4 bridgehead atoms. The molecule has 8 nitrogen and oxygen atoms in total. The van der Waals surface area contributed by atoms with Crippen LogP contribution < -0.4 is 10.9 Å². The summed E-state index contributed by atoms with van der Waals surface area (Å²) < 4.78 is 6.65. The Morgan fingerprint density at radius 1 is 1.11 bits per heavy atom. The van der Waals surface area contributed by atoms with E-state index in [4.69, 9.17) is 4.74 Å². The standard InChI is InChI=1S/C26H28N4O4S/c1-2-21-29-30-22(31)10-20(28-25(30)35-21)14-34-23(32)18-3-5-19(6-4-18)27-24(33)26-11-15-7-16(12-26)9-17(8-15)13-26/h3-6,10,15-17H,2,7-9,11-14H2,1H3,(H,27,33). The fourth-order valence-electron chi connectivity index (χ4n) is 6.68. The summed E-state index contributed by atoms with van der Waals surface area (Å²) in [5, 5.41) is 8.15. The van der Waals surface area contributed by atoms with Gasteiger partial charge < -0.3 is 10.1 Å². The zero-order valence-corrected chi connectivity index (χ0v) is 20.5. The first kappa shape index (κ1) is 22.4. The molecule has 1 aromatic carbocycles. The van der Waals surface area contributed by atoms with Crippen LogP contribution in [0.4, 0.5) is 5.69 Å². The number of fused-ring (bicyclic) bond motifs is 1. The number of esters is 1. The average Bonchev–Trinajstić information content (AvgIpc) is 3.26. The van der Waals surface area contributed by atoms with E-state index in [9.17, 15) is 14.4 Å². The number of carbonyl (C=O) groups excluding carboxylic acids is 2. The van der Waals surface area contributed by atoms with Crippen LogP contribution in [0.1, 0.15) is 66.5 Å². The molecule has 2 heterocycles. The zero-order chi connectivity index (χ0) is 24.2. The topological polar surface area (TPSA) is 103 Å². The van der Waals surface area contributed by atoms with Crippen molar-refractivity contribution in [1.29, 1.82) is 0 Å². The number of hydrogen-bond donors (Lipinski definition) is 1. The van der Waals surface area contributed by atoms with Gasteiger partial charge in [0.2, 0.25) is 10.9 Å². The zero-order valence-electron chi connectivity index (χ0n) is 19.7. The summed E-state index contributed by atoms with van der Waals surface area (Å²) in [6, 6.07) is 8.13. The van der Waals surface area contributed by atoms with Gasteiger partial charge in [-0.05, 0) is 87.0 Å². The highest BCUT2D eigenvalue weighted by Crippen LogP contribution is 2.60. The molecule has 3 aromatic rings. The van der Waals surface area contributed by atoms with Crippen LogP contribution in [0, 0.1) is 23.2 Å². The van der Waals surface area contributed by atoms with Crippen molar-refractivity contribution in [1.82, 2.24) is 14.6 Å². The Hall–Kier alpha value is -3.07. The quantitative estimate of drug-likeness (QED) is 0.517. The van der Waals surface area contributed by atoms with Crippen molar-refractivity contribution in [2.75, 3.05) is 5.32 Å². The molecule has 4 aliphatic rings. The lowest BCUT2D eigenvalue weighted by Gasteiger charge is -2.55. The summed E-state index contributed by atoms with van der Waals surface area (Å²) in [4.78, 5) is 42.9. The van der Waals surface area contributed by atoms with Crippen molar-refractivity contribution in [3.63, 3.8) is 0 Å². The van der Waals surface area contributed by atoms with Gasteiger partial charge in [0.1, 0.15) is 11.6 Å². The first-order valence-electron chi connectivity index (χ1n) is 12.4. The van der Waals surface area contributed by atoms with Gasteiger partial charge in [0.25, 0.3) is 5.56 Å². The molecule has 1 amide bonds. The van der Waals surface area contributed by atoms with Gasteiger partial charge in [0, 0.05) is 11.8 Å². The first-order chi connectivity index (χ1) is 16.9. The first-order valence-corrected chi connectivity index (χ1v) is 13.2. The molecule has 7 rings (SSSR count). The number of nitrogens with zero attached hydrogens (tertiary/aromatic N) is 3. The van der Waals surface area contributed by atoms with Crippen LogP contribution in [0.15, 0.2) is 35.1 Å². The molecule has 4 saturated carbocycles. The number of benzene rings is 1. The molecule has 0 spiro atoms. The van der Waals surface area contributed by atoms with E-state index in [1.165, 1.54) is 41.2 Å². The Bertz CT molecular complexity index is 1320. The predicted molar refractivity (Wildman–Crippen MR) is 131 cm³/mol. The van der Waals surface area contributed by atoms with E-state index in [1.807, 2.05) is 6.92 Å². The Morgan fingerprint density at radius 2 is 1.77 bits per heavy atom. The van der Waals surface area contributed by atoms with Crippen molar-refractivity contribution in [3.8, 4) is 0 Å². The van der Waals surface area contributed by atoms with Crippen molar-refractivity contribution >= 4 is 33.9 Å². The van der Waals surface area contributed by atoms with Gasteiger partial charge in [-0.3, -0.25) is 9.59 Å². The lowest BCUT2D eigenvalue weighted by molar-refractivity contribution is -0.140. The van der Waals surface area contributed by atoms with Crippen LogP contribution in [0.25, 0.3) is 4.96 Å². The highest BCUT2D eigenvalue weighted by atomic mass is 32.1. The minimum absolute atomic E-state index is 0.103. The number of amides is 1. The highest BCUT2D eigenvalue weighted by molar-refractivity contribution is 7.16. The average molecular weight is 493 g/mol. The molecule has 1 N–H and O–H groups in total. The van der Waals surface area contributed by atoms with Crippen molar-refractivity contribution < 1.29 is 14.3 Å². The van der Waals surface area contributed by atoms with E-state index in [2.05, 4.69) is 15.4 Å². The predicted octanol–water partition coefficient (Wildman–Crippen LogP) is 4.23. The Morgan fingerprint density at radius 3 is 2.40 bits per heavy atom. The second-order valence-corrected chi connectivity index (χ2v) is 11.5. The highest BCUT2D eigenvalue weighted by Gasteiger charge is 2.54. The lowest BCUT2D eigenvalue weighted by Crippen LogP contribution is -2.51. The number of rotatable bonds is 6. The van der Waals surface area contributed by atoms with Gasteiger partial charge in [0.05, 0.1) is 16.7 Å².